The van der Waals surface area contributed by atoms with Crippen LogP contribution in [0.4, 0.5) is 5.69 Å². The molecule has 0 radical (unpaired) electrons. The molecule has 0 saturated heterocycles. The van der Waals surface area contributed by atoms with Crippen LogP contribution in [0, 0.1) is 0 Å². The summed E-state index contributed by atoms with van der Waals surface area (Å²) in [5, 5.41) is 10.4. The highest BCUT2D eigenvalue weighted by Gasteiger charge is 1.92. The van der Waals surface area contributed by atoms with Crippen molar-refractivity contribution in [1.82, 2.24) is 15.1 Å². The number of hydrogen-bond acceptors (Lipinski definition) is 3. The molecule has 0 aromatic carbocycles. The second kappa shape index (κ2) is 4.77. The van der Waals surface area contributed by atoms with Crippen LogP contribution in [-0.4, -0.2) is 29.9 Å². The van der Waals surface area contributed by atoms with Crippen molar-refractivity contribution in [2.75, 3.05) is 25.5 Å². The summed E-state index contributed by atoms with van der Waals surface area (Å²) in [6.07, 6.45) is 4.93. The molecule has 0 atom stereocenters. The highest BCUT2D eigenvalue weighted by atomic mass is 15.3. The van der Waals surface area contributed by atoms with E-state index in [1.54, 1.807) is 4.68 Å². The van der Waals surface area contributed by atoms with Crippen LogP contribution in [0.2, 0.25) is 0 Å². The van der Waals surface area contributed by atoms with Gasteiger partial charge in [0.25, 0.3) is 0 Å². The number of aryl methyl sites for hydroxylation is 1. The van der Waals surface area contributed by atoms with Crippen LogP contribution in [0.15, 0.2) is 12.4 Å². The van der Waals surface area contributed by atoms with E-state index in [9.17, 15) is 0 Å². The Morgan fingerprint density at radius 2 is 2.33 bits per heavy atom. The molecule has 0 saturated carbocycles. The molecular formula is C8H16N4. The smallest absolute Gasteiger partial charge is 0.0726 e. The van der Waals surface area contributed by atoms with Gasteiger partial charge in [0.05, 0.1) is 11.9 Å². The number of nitrogens with one attached hydrogen (secondary N) is 2. The molecule has 0 aliphatic carbocycles. The molecule has 4 heteroatoms. The number of nitrogens with zero attached hydrogens (tertiary/aromatic N) is 2. The SMILES string of the molecule is CNCCCNc1cnn(C)c1. The van der Waals surface area contributed by atoms with Crippen molar-refractivity contribution in [3.05, 3.63) is 12.4 Å². The van der Waals surface area contributed by atoms with Crippen LogP contribution in [0.25, 0.3) is 0 Å². The molecule has 2 N–H and O–H groups in total. The van der Waals surface area contributed by atoms with Crippen molar-refractivity contribution < 1.29 is 0 Å². The summed E-state index contributed by atoms with van der Waals surface area (Å²) in [5.41, 5.74) is 1.09. The van der Waals surface area contributed by atoms with Crippen LogP contribution < -0.4 is 10.6 Å². The van der Waals surface area contributed by atoms with Crippen LogP contribution in [-0.2, 0) is 7.05 Å². The van der Waals surface area contributed by atoms with E-state index in [4.69, 9.17) is 0 Å². The van der Waals surface area contributed by atoms with E-state index in [1.807, 2.05) is 26.5 Å². The molecule has 68 valence electrons. The monoisotopic (exact) mass is 168 g/mol. The highest BCUT2D eigenvalue weighted by Crippen LogP contribution is 2.02. The molecule has 4 nitrogen and oxygen atoms in total. The third kappa shape index (κ3) is 2.92. The van der Waals surface area contributed by atoms with Gasteiger partial charge in [0.1, 0.15) is 0 Å². The Labute approximate surface area is 73.0 Å². The molecule has 1 rings (SSSR count). The maximum absolute atomic E-state index is 4.05. The van der Waals surface area contributed by atoms with Gasteiger partial charge < -0.3 is 10.6 Å². The van der Waals surface area contributed by atoms with Crippen molar-refractivity contribution in [2.24, 2.45) is 7.05 Å². The minimum atomic E-state index is 0.993. The third-order valence-electron chi connectivity index (χ3n) is 1.64. The first kappa shape index (κ1) is 9.06. The maximum Gasteiger partial charge on any atom is 0.0726 e. The van der Waals surface area contributed by atoms with E-state index in [0.717, 1.165) is 25.2 Å². The first-order chi connectivity index (χ1) is 5.83. The van der Waals surface area contributed by atoms with Gasteiger partial charge in [-0.25, -0.2) is 0 Å². The molecule has 0 bridgehead atoms. The average Bonchev–Trinajstić information content (AvgIpc) is 2.45. The lowest BCUT2D eigenvalue weighted by Gasteiger charge is -2.01. The zero-order valence-electron chi connectivity index (χ0n) is 7.67. The molecular weight excluding hydrogens is 152 g/mol. The maximum atomic E-state index is 4.05. The van der Waals surface area contributed by atoms with Gasteiger partial charge in [-0.15, -0.1) is 0 Å². The molecule has 1 heterocycles. The quantitative estimate of drug-likeness (QED) is 0.627. The van der Waals surface area contributed by atoms with Gasteiger partial charge in [-0.05, 0) is 20.0 Å². The van der Waals surface area contributed by atoms with E-state index in [2.05, 4.69) is 15.7 Å². The lowest BCUT2D eigenvalue weighted by Crippen LogP contribution is -2.12. The molecule has 0 aliphatic heterocycles. The minimum absolute atomic E-state index is 0.993. The molecule has 0 spiro atoms. The molecule has 12 heavy (non-hydrogen) atoms. The van der Waals surface area contributed by atoms with Gasteiger partial charge >= 0.3 is 0 Å². The fraction of sp³-hybridized carbons (Fsp3) is 0.625. The lowest BCUT2D eigenvalue weighted by atomic mass is 10.4. The zero-order valence-corrected chi connectivity index (χ0v) is 7.67. The number of hydrogen-bond donors (Lipinski definition) is 2. The van der Waals surface area contributed by atoms with Crippen LogP contribution in [0.1, 0.15) is 6.42 Å². The Kier molecular flexibility index (Phi) is 3.60. The second-order valence-corrected chi connectivity index (χ2v) is 2.79. The van der Waals surface area contributed by atoms with Crippen molar-refractivity contribution in [3.63, 3.8) is 0 Å². The fourth-order valence-corrected chi connectivity index (χ4v) is 1.01. The van der Waals surface area contributed by atoms with Gasteiger partial charge in [0, 0.05) is 19.8 Å². The highest BCUT2D eigenvalue weighted by molar-refractivity contribution is 5.37. The summed E-state index contributed by atoms with van der Waals surface area (Å²) in [4.78, 5) is 0. The summed E-state index contributed by atoms with van der Waals surface area (Å²) < 4.78 is 1.79. The van der Waals surface area contributed by atoms with E-state index in [0.29, 0.717) is 0 Å². The van der Waals surface area contributed by atoms with Gasteiger partial charge in [-0.1, -0.05) is 0 Å². The van der Waals surface area contributed by atoms with E-state index in [-0.39, 0.29) is 0 Å². The summed E-state index contributed by atoms with van der Waals surface area (Å²) in [6.45, 7) is 2.04. The van der Waals surface area contributed by atoms with Gasteiger partial charge in [0.15, 0.2) is 0 Å². The van der Waals surface area contributed by atoms with Gasteiger partial charge in [0.2, 0.25) is 0 Å². The number of aromatic nitrogens is 2. The molecule has 0 fully saturated rings. The molecule has 1 aromatic rings. The van der Waals surface area contributed by atoms with Crippen molar-refractivity contribution >= 4 is 5.69 Å². The number of anilines is 1. The second-order valence-electron chi connectivity index (χ2n) is 2.79. The first-order valence-corrected chi connectivity index (χ1v) is 4.20. The Bertz CT molecular complexity index is 219. The van der Waals surface area contributed by atoms with E-state index >= 15 is 0 Å². The largest absolute Gasteiger partial charge is 0.382 e. The van der Waals surface area contributed by atoms with Crippen LogP contribution in [0.5, 0.6) is 0 Å². The predicted molar refractivity (Wildman–Crippen MR) is 50.2 cm³/mol. The Morgan fingerprint density at radius 1 is 1.50 bits per heavy atom. The Hall–Kier alpha value is -1.03. The first-order valence-electron chi connectivity index (χ1n) is 4.20. The Balaban J connectivity index is 2.15. The standard InChI is InChI=1S/C8H16N4/c1-9-4-3-5-10-8-6-11-12(2)7-8/h6-7,9-10H,3-5H2,1-2H3. The van der Waals surface area contributed by atoms with Gasteiger partial charge in [-0.2, -0.15) is 5.10 Å². The minimum Gasteiger partial charge on any atom is -0.382 e. The molecule has 0 aliphatic rings. The fourth-order valence-electron chi connectivity index (χ4n) is 1.01. The zero-order chi connectivity index (χ0) is 8.81. The number of rotatable bonds is 5. The topological polar surface area (TPSA) is 41.9 Å². The van der Waals surface area contributed by atoms with Crippen LogP contribution in [0.3, 0.4) is 0 Å². The molecule has 0 unspecified atom stereocenters. The predicted octanol–water partition coefficient (Wildman–Crippen LogP) is 0.441. The summed E-state index contributed by atoms with van der Waals surface area (Å²) >= 11 is 0. The lowest BCUT2D eigenvalue weighted by molar-refractivity contribution is 0.747. The summed E-state index contributed by atoms with van der Waals surface area (Å²) in [7, 11) is 3.88. The van der Waals surface area contributed by atoms with Gasteiger partial charge in [-0.3, -0.25) is 4.68 Å². The Morgan fingerprint density at radius 3 is 2.92 bits per heavy atom. The summed E-state index contributed by atoms with van der Waals surface area (Å²) in [5.74, 6) is 0. The summed E-state index contributed by atoms with van der Waals surface area (Å²) in [6, 6.07) is 0. The molecule has 0 amide bonds. The normalized spacial score (nSPS) is 10.2. The van der Waals surface area contributed by atoms with Crippen LogP contribution >= 0.6 is 0 Å². The average molecular weight is 168 g/mol. The van der Waals surface area contributed by atoms with Crippen molar-refractivity contribution in [1.29, 1.82) is 0 Å². The van der Waals surface area contributed by atoms with Crippen molar-refractivity contribution in [3.8, 4) is 0 Å². The third-order valence-corrected chi connectivity index (χ3v) is 1.64. The molecule has 1 aromatic heterocycles. The van der Waals surface area contributed by atoms with E-state index < -0.39 is 0 Å². The van der Waals surface area contributed by atoms with E-state index in [1.165, 1.54) is 0 Å². The van der Waals surface area contributed by atoms with Crippen molar-refractivity contribution in [2.45, 2.75) is 6.42 Å².